The van der Waals surface area contributed by atoms with Gasteiger partial charge < -0.3 is 4.57 Å². The van der Waals surface area contributed by atoms with Crippen LogP contribution in [0.3, 0.4) is 0 Å². The van der Waals surface area contributed by atoms with Crippen LogP contribution in [0.15, 0.2) is 29.1 Å². The average molecular weight is 428 g/mol. The molecular weight excluding hydrogens is 394 g/mol. The van der Waals surface area contributed by atoms with Crippen molar-refractivity contribution in [2.24, 2.45) is 11.8 Å². The summed E-state index contributed by atoms with van der Waals surface area (Å²) < 4.78 is 1.86. The summed E-state index contributed by atoms with van der Waals surface area (Å²) >= 11 is 6.19. The molecule has 1 aliphatic heterocycles. The topological polar surface area (TPSA) is 38.1 Å². The van der Waals surface area contributed by atoms with E-state index < -0.39 is 0 Å². The SMILES string of the molecule is C[C@H]1CCC[C@@H](CCn2c(=O)c(Cl)nc3ccccc32)N1[C@H]1C[C@@H]2CCC[C@@H](C2)C1. The summed E-state index contributed by atoms with van der Waals surface area (Å²) in [6, 6.07) is 9.81. The Hall–Kier alpha value is -1.39. The minimum absolute atomic E-state index is 0.0858. The molecule has 2 bridgehead atoms. The Morgan fingerprint density at radius 3 is 2.57 bits per heavy atom. The summed E-state index contributed by atoms with van der Waals surface area (Å²) in [6.45, 7) is 3.15. The number of fused-ring (bicyclic) bond motifs is 3. The molecule has 0 spiro atoms. The normalized spacial score (nSPS) is 32.4. The Morgan fingerprint density at radius 2 is 1.77 bits per heavy atom. The lowest BCUT2D eigenvalue weighted by molar-refractivity contribution is -0.00907. The van der Waals surface area contributed by atoms with E-state index in [-0.39, 0.29) is 10.7 Å². The zero-order valence-electron chi connectivity index (χ0n) is 18.1. The summed E-state index contributed by atoms with van der Waals surface area (Å²) in [7, 11) is 0. The number of aromatic nitrogens is 2. The smallest absolute Gasteiger partial charge is 0.288 e. The Bertz CT molecular complexity index is 945. The van der Waals surface area contributed by atoms with Crippen LogP contribution in [-0.4, -0.2) is 32.6 Å². The number of benzene rings is 1. The molecule has 5 heteroatoms. The Labute approximate surface area is 184 Å². The van der Waals surface area contributed by atoms with Gasteiger partial charge in [-0.1, -0.05) is 49.4 Å². The maximum absolute atomic E-state index is 12.8. The molecule has 0 radical (unpaired) electrons. The molecule has 1 aromatic heterocycles. The molecule has 1 saturated heterocycles. The molecule has 0 unspecified atom stereocenters. The Balaban J connectivity index is 1.38. The van der Waals surface area contributed by atoms with E-state index in [1.165, 1.54) is 57.8 Å². The van der Waals surface area contributed by atoms with Crippen LogP contribution in [0.2, 0.25) is 5.15 Å². The van der Waals surface area contributed by atoms with Crippen LogP contribution in [0.1, 0.15) is 71.1 Å². The van der Waals surface area contributed by atoms with Gasteiger partial charge in [0.2, 0.25) is 0 Å². The maximum atomic E-state index is 12.8. The summed E-state index contributed by atoms with van der Waals surface area (Å²) in [4.78, 5) is 20.0. The first-order valence-corrected chi connectivity index (χ1v) is 12.4. The predicted molar refractivity (Wildman–Crippen MR) is 123 cm³/mol. The summed E-state index contributed by atoms with van der Waals surface area (Å²) in [5, 5.41) is 0.0858. The molecule has 2 heterocycles. The molecule has 30 heavy (non-hydrogen) atoms. The fraction of sp³-hybridized carbons (Fsp3) is 0.680. The number of likely N-dealkylation sites (tertiary alicyclic amines) is 1. The van der Waals surface area contributed by atoms with E-state index in [4.69, 9.17) is 11.6 Å². The van der Waals surface area contributed by atoms with Crippen LogP contribution in [-0.2, 0) is 6.54 Å². The van der Waals surface area contributed by atoms with Crippen LogP contribution in [0.25, 0.3) is 11.0 Å². The fourth-order valence-electron chi connectivity index (χ4n) is 6.86. The van der Waals surface area contributed by atoms with Gasteiger partial charge in [-0.15, -0.1) is 0 Å². The zero-order valence-corrected chi connectivity index (χ0v) is 18.9. The van der Waals surface area contributed by atoms with Crippen molar-refractivity contribution in [1.29, 1.82) is 0 Å². The molecule has 0 N–H and O–H groups in total. The quantitative estimate of drug-likeness (QED) is 0.632. The summed E-state index contributed by atoms with van der Waals surface area (Å²) in [5.74, 6) is 1.89. The molecule has 4 nitrogen and oxygen atoms in total. The van der Waals surface area contributed by atoms with E-state index in [0.717, 1.165) is 41.9 Å². The van der Waals surface area contributed by atoms with Crippen molar-refractivity contribution in [2.75, 3.05) is 0 Å². The minimum Gasteiger partial charge on any atom is -0.304 e. The van der Waals surface area contributed by atoms with Crippen LogP contribution in [0.5, 0.6) is 0 Å². The lowest BCUT2D eigenvalue weighted by Crippen LogP contribution is -2.54. The number of rotatable bonds is 4. The molecule has 1 aromatic carbocycles. The van der Waals surface area contributed by atoms with Crippen LogP contribution in [0.4, 0.5) is 0 Å². The number of hydrogen-bond acceptors (Lipinski definition) is 3. The third-order valence-corrected chi connectivity index (χ3v) is 8.36. The van der Waals surface area contributed by atoms with Crippen molar-refractivity contribution in [1.82, 2.24) is 14.5 Å². The van der Waals surface area contributed by atoms with Gasteiger partial charge in [0.1, 0.15) is 0 Å². The van der Waals surface area contributed by atoms with E-state index in [2.05, 4.69) is 16.8 Å². The first kappa shape index (κ1) is 20.5. The maximum Gasteiger partial charge on any atom is 0.288 e. The molecule has 0 amide bonds. The Kier molecular flexibility index (Phi) is 5.90. The third kappa shape index (κ3) is 3.93. The van der Waals surface area contributed by atoms with Gasteiger partial charge in [-0.05, 0) is 69.4 Å². The van der Waals surface area contributed by atoms with E-state index in [9.17, 15) is 4.79 Å². The molecule has 2 aliphatic carbocycles. The second kappa shape index (κ2) is 8.63. The number of halogens is 1. The van der Waals surface area contributed by atoms with Crippen LogP contribution >= 0.6 is 11.6 Å². The number of para-hydroxylation sites is 2. The van der Waals surface area contributed by atoms with Gasteiger partial charge in [0.25, 0.3) is 5.56 Å². The summed E-state index contributed by atoms with van der Waals surface area (Å²) in [6.07, 6.45) is 13.5. The number of aryl methyl sites for hydroxylation is 1. The first-order valence-electron chi connectivity index (χ1n) is 12.0. The van der Waals surface area contributed by atoms with E-state index in [1.54, 1.807) is 0 Å². The Morgan fingerprint density at radius 1 is 1.03 bits per heavy atom. The minimum atomic E-state index is -0.155. The lowest BCUT2D eigenvalue weighted by atomic mass is 9.69. The van der Waals surface area contributed by atoms with Crippen LogP contribution < -0.4 is 5.56 Å². The highest BCUT2D eigenvalue weighted by atomic mass is 35.5. The van der Waals surface area contributed by atoms with E-state index >= 15 is 0 Å². The van der Waals surface area contributed by atoms with E-state index in [1.807, 2.05) is 28.8 Å². The highest BCUT2D eigenvalue weighted by Crippen LogP contribution is 2.43. The van der Waals surface area contributed by atoms with Gasteiger partial charge in [0, 0.05) is 24.7 Å². The molecule has 5 atom stereocenters. The largest absolute Gasteiger partial charge is 0.304 e. The highest BCUT2D eigenvalue weighted by molar-refractivity contribution is 6.29. The standard InChI is InChI=1S/C25H34ClN3O/c1-17-6-4-9-20(29(17)21-15-18-7-5-8-19(14-18)16-21)12-13-28-23-11-3-2-10-22(23)27-24(26)25(28)30/h2-3,10-11,17-21H,4-9,12-16H2,1H3/t17-,18-,19+,20-,21+/m0/s1. The first-order chi connectivity index (χ1) is 14.6. The molecule has 162 valence electrons. The monoisotopic (exact) mass is 427 g/mol. The van der Waals surface area contributed by atoms with Gasteiger partial charge in [-0.2, -0.15) is 0 Å². The zero-order chi connectivity index (χ0) is 20.7. The van der Waals surface area contributed by atoms with Crippen molar-refractivity contribution < 1.29 is 0 Å². The van der Waals surface area contributed by atoms with Gasteiger partial charge in [-0.3, -0.25) is 9.69 Å². The second-order valence-corrected chi connectivity index (χ2v) is 10.4. The number of hydrogen-bond donors (Lipinski definition) is 0. The van der Waals surface area contributed by atoms with Crippen molar-refractivity contribution in [2.45, 2.75) is 95.8 Å². The van der Waals surface area contributed by atoms with Gasteiger partial charge in [0.05, 0.1) is 11.0 Å². The third-order valence-electron chi connectivity index (χ3n) is 8.11. The van der Waals surface area contributed by atoms with Gasteiger partial charge >= 0.3 is 0 Å². The van der Waals surface area contributed by atoms with Crippen molar-refractivity contribution in [3.63, 3.8) is 0 Å². The number of nitrogens with zero attached hydrogens (tertiary/aromatic N) is 3. The lowest BCUT2D eigenvalue weighted by Gasteiger charge is -2.51. The van der Waals surface area contributed by atoms with Gasteiger partial charge in [-0.25, -0.2) is 4.98 Å². The molecule has 3 fully saturated rings. The highest BCUT2D eigenvalue weighted by Gasteiger charge is 2.39. The second-order valence-electron chi connectivity index (χ2n) is 10.0. The molecular formula is C25H34ClN3O. The number of piperidine rings is 1. The molecule has 3 aliphatic rings. The van der Waals surface area contributed by atoms with Crippen molar-refractivity contribution in [3.05, 3.63) is 39.8 Å². The molecule has 2 aromatic rings. The van der Waals surface area contributed by atoms with E-state index in [0.29, 0.717) is 12.1 Å². The molecule has 2 saturated carbocycles. The molecule has 5 rings (SSSR count). The fourth-order valence-corrected chi connectivity index (χ4v) is 7.05. The van der Waals surface area contributed by atoms with Crippen molar-refractivity contribution >= 4 is 22.6 Å². The van der Waals surface area contributed by atoms with Crippen molar-refractivity contribution in [3.8, 4) is 0 Å². The predicted octanol–water partition coefficient (Wildman–Crippen LogP) is 5.65. The summed E-state index contributed by atoms with van der Waals surface area (Å²) in [5.41, 5.74) is 1.54. The van der Waals surface area contributed by atoms with Crippen LogP contribution in [0, 0.1) is 11.8 Å². The average Bonchev–Trinajstić information content (AvgIpc) is 2.74. The van der Waals surface area contributed by atoms with Gasteiger partial charge in [0.15, 0.2) is 5.15 Å².